The number of rotatable bonds is 0. The number of likely N-dealkylation sites (N-methyl/N-ethyl adjacent to an activating group) is 2. The van der Waals surface area contributed by atoms with Gasteiger partial charge >= 0.3 is 0 Å². The largest absolute Gasteiger partial charge is 0.343 e. The Labute approximate surface area is 187 Å². The van der Waals surface area contributed by atoms with E-state index in [9.17, 15) is 28.8 Å². The van der Waals surface area contributed by atoms with Gasteiger partial charge in [-0.25, -0.2) is 0 Å². The van der Waals surface area contributed by atoms with Crippen LogP contribution in [0.5, 0.6) is 0 Å². The van der Waals surface area contributed by atoms with Gasteiger partial charge in [-0.3, -0.25) is 28.8 Å². The Morgan fingerprint density at radius 2 is 0.719 bits per heavy atom. The number of amides is 6. The Hall–Kier alpha value is -3.18. The molecule has 0 bridgehead atoms. The molecule has 0 aromatic carbocycles. The molecule has 6 atom stereocenters. The third-order valence-corrected chi connectivity index (χ3v) is 5.58. The van der Waals surface area contributed by atoms with Crippen molar-refractivity contribution in [3.05, 3.63) is 0 Å². The summed E-state index contributed by atoms with van der Waals surface area (Å²) in [6.45, 7) is 8.77. The average molecular weight is 455 g/mol. The maximum Gasteiger partial charge on any atom is 0.245 e. The van der Waals surface area contributed by atoms with Crippen LogP contribution in [0, 0.1) is 0 Å². The first-order valence-electron chi connectivity index (χ1n) is 10.4. The summed E-state index contributed by atoms with van der Waals surface area (Å²) < 4.78 is 0. The van der Waals surface area contributed by atoms with Crippen LogP contribution in [-0.4, -0.2) is 95.6 Å². The summed E-state index contributed by atoms with van der Waals surface area (Å²) in [4.78, 5) is 77.6. The number of carbonyl (C=O) groups excluding carboxylic acids is 6. The molecule has 0 aromatic heterocycles. The van der Waals surface area contributed by atoms with Crippen LogP contribution in [0.1, 0.15) is 41.5 Å². The lowest BCUT2D eigenvalue weighted by molar-refractivity contribution is -0.144. The van der Waals surface area contributed by atoms with Crippen LogP contribution < -0.4 is 21.3 Å². The van der Waals surface area contributed by atoms with E-state index in [0.29, 0.717) is 0 Å². The average Bonchev–Trinajstić information content (AvgIpc) is 2.74. The molecule has 0 aliphatic carbocycles. The molecule has 180 valence electrons. The molecule has 32 heavy (non-hydrogen) atoms. The van der Waals surface area contributed by atoms with Crippen molar-refractivity contribution < 1.29 is 28.8 Å². The van der Waals surface area contributed by atoms with Crippen molar-refractivity contribution in [2.75, 3.05) is 14.1 Å². The van der Waals surface area contributed by atoms with Gasteiger partial charge in [-0.2, -0.15) is 0 Å². The van der Waals surface area contributed by atoms with Crippen LogP contribution in [0.3, 0.4) is 0 Å². The highest BCUT2D eigenvalue weighted by atomic mass is 16.2. The monoisotopic (exact) mass is 454 g/mol. The zero-order chi connectivity index (χ0) is 24.9. The van der Waals surface area contributed by atoms with Crippen LogP contribution >= 0.6 is 0 Å². The summed E-state index contributed by atoms with van der Waals surface area (Å²) in [7, 11) is 2.82. The van der Waals surface area contributed by atoms with Gasteiger partial charge in [0.15, 0.2) is 0 Å². The van der Waals surface area contributed by atoms with Gasteiger partial charge in [-0.15, -0.1) is 0 Å². The van der Waals surface area contributed by atoms with Crippen molar-refractivity contribution in [3.8, 4) is 0 Å². The maximum absolute atomic E-state index is 12.7. The Kier molecular flexibility index (Phi) is 9.16. The van der Waals surface area contributed by atoms with Gasteiger partial charge in [0, 0.05) is 14.1 Å². The summed E-state index contributed by atoms with van der Waals surface area (Å²) in [6, 6.07) is -5.76. The van der Waals surface area contributed by atoms with Crippen molar-refractivity contribution in [3.63, 3.8) is 0 Å². The number of hydrogen-bond acceptors (Lipinski definition) is 6. The van der Waals surface area contributed by atoms with E-state index < -0.39 is 71.7 Å². The lowest BCUT2D eigenvalue weighted by Crippen LogP contribution is -2.59. The minimum absolute atomic E-state index is 0.519. The highest BCUT2D eigenvalue weighted by Gasteiger charge is 2.33. The lowest BCUT2D eigenvalue weighted by atomic mass is 10.1. The number of carbonyl (C=O) groups is 6. The van der Waals surface area contributed by atoms with Gasteiger partial charge in [0.1, 0.15) is 36.3 Å². The van der Waals surface area contributed by atoms with Crippen LogP contribution in [0.25, 0.3) is 0 Å². The van der Waals surface area contributed by atoms with Gasteiger partial charge in [0.05, 0.1) is 0 Å². The van der Waals surface area contributed by atoms with E-state index in [1.54, 1.807) is 0 Å². The zero-order valence-corrected chi connectivity index (χ0v) is 19.8. The molecule has 1 rings (SSSR count). The van der Waals surface area contributed by atoms with Crippen LogP contribution in [-0.2, 0) is 28.8 Å². The molecule has 1 aliphatic rings. The standard InChI is InChI=1S/C20H34N6O6/c1-9-16(28)23-11(3)19(31)26(8)14(6)18(30)24-12(4)20(32)25(7)13(5)17(29)22-10(2)15(27)21-9/h9-14H,1-8H3,(H,21,27)(H,22,29)(H,23,28)(H,24,30)/t9-,10+,11+,12+,13+,14+/m1/s1. The van der Waals surface area contributed by atoms with Crippen molar-refractivity contribution >= 4 is 35.4 Å². The lowest BCUT2D eigenvalue weighted by Gasteiger charge is -2.31. The molecule has 0 aromatic rings. The molecule has 1 fully saturated rings. The number of nitrogens with zero attached hydrogens (tertiary/aromatic N) is 2. The van der Waals surface area contributed by atoms with E-state index in [1.807, 2.05) is 0 Å². The fourth-order valence-electron chi connectivity index (χ4n) is 2.94. The molecule has 1 aliphatic heterocycles. The van der Waals surface area contributed by atoms with Gasteiger partial charge in [0.25, 0.3) is 0 Å². The molecule has 0 unspecified atom stereocenters. The smallest absolute Gasteiger partial charge is 0.245 e. The topological polar surface area (TPSA) is 157 Å². The maximum atomic E-state index is 12.7. The molecule has 0 saturated carbocycles. The van der Waals surface area contributed by atoms with E-state index in [2.05, 4.69) is 21.3 Å². The third kappa shape index (κ3) is 6.41. The molecule has 0 radical (unpaired) electrons. The van der Waals surface area contributed by atoms with Crippen LogP contribution in [0.2, 0.25) is 0 Å². The first-order chi connectivity index (χ1) is 14.7. The van der Waals surface area contributed by atoms with Gasteiger partial charge in [-0.05, 0) is 41.5 Å². The first kappa shape index (κ1) is 26.9. The Balaban J connectivity index is 3.21. The van der Waals surface area contributed by atoms with E-state index in [0.717, 1.165) is 9.80 Å². The van der Waals surface area contributed by atoms with E-state index in [4.69, 9.17) is 0 Å². The minimum atomic E-state index is -0.982. The fraction of sp³-hybridized carbons (Fsp3) is 0.700. The molecular formula is C20H34N6O6. The number of nitrogens with one attached hydrogen (secondary N) is 4. The number of hydrogen-bond donors (Lipinski definition) is 4. The fourth-order valence-corrected chi connectivity index (χ4v) is 2.94. The van der Waals surface area contributed by atoms with Gasteiger partial charge in [-0.1, -0.05) is 0 Å². The quantitative estimate of drug-likeness (QED) is 0.323. The zero-order valence-electron chi connectivity index (χ0n) is 19.8. The summed E-state index contributed by atoms with van der Waals surface area (Å²) in [6.07, 6.45) is 0. The van der Waals surface area contributed by atoms with Gasteiger partial charge < -0.3 is 31.1 Å². The second-order valence-electron chi connectivity index (χ2n) is 8.17. The second-order valence-corrected chi connectivity index (χ2v) is 8.17. The SMILES string of the molecule is C[C@@H]1NC(=O)[C@H](C)N(C)C(=O)[C@H](C)NC(=O)[C@H](C)N(C)C(=O)[C@H](C)NC(=O)[C@@H](C)NC1=O. The molecule has 0 spiro atoms. The minimum Gasteiger partial charge on any atom is -0.343 e. The van der Waals surface area contributed by atoms with Crippen molar-refractivity contribution in [1.29, 1.82) is 0 Å². The summed E-state index contributed by atoms with van der Waals surface area (Å²) in [5, 5.41) is 10.0. The second kappa shape index (κ2) is 10.9. The Bertz CT molecular complexity index is 787. The predicted molar refractivity (Wildman–Crippen MR) is 115 cm³/mol. The predicted octanol–water partition coefficient (Wildman–Crippen LogP) is -2.29. The highest BCUT2D eigenvalue weighted by Crippen LogP contribution is 2.05. The van der Waals surface area contributed by atoms with Crippen molar-refractivity contribution in [2.45, 2.75) is 77.8 Å². The molecular weight excluding hydrogens is 420 g/mol. The van der Waals surface area contributed by atoms with Gasteiger partial charge in [0.2, 0.25) is 35.4 Å². The Morgan fingerprint density at radius 1 is 0.469 bits per heavy atom. The molecule has 1 saturated heterocycles. The summed E-state index contributed by atoms with van der Waals surface area (Å²) >= 11 is 0. The summed E-state index contributed by atoms with van der Waals surface area (Å²) in [5.74, 6) is -3.39. The molecule has 12 nitrogen and oxygen atoms in total. The van der Waals surface area contributed by atoms with Crippen molar-refractivity contribution in [1.82, 2.24) is 31.1 Å². The first-order valence-corrected chi connectivity index (χ1v) is 10.4. The van der Waals surface area contributed by atoms with E-state index >= 15 is 0 Å². The molecule has 1 heterocycles. The van der Waals surface area contributed by atoms with E-state index in [1.165, 1.54) is 55.6 Å². The molecule has 12 heteroatoms. The van der Waals surface area contributed by atoms with Crippen LogP contribution in [0.4, 0.5) is 0 Å². The Morgan fingerprint density at radius 3 is 1.06 bits per heavy atom. The van der Waals surface area contributed by atoms with E-state index in [-0.39, 0.29) is 0 Å². The normalized spacial score (nSPS) is 32.4. The molecule has 4 N–H and O–H groups in total. The highest BCUT2D eigenvalue weighted by molar-refractivity contribution is 5.97. The van der Waals surface area contributed by atoms with Crippen LogP contribution in [0.15, 0.2) is 0 Å². The third-order valence-electron chi connectivity index (χ3n) is 5.58. The van der Waals surface area contributed by atoms with Crippen molar-refractivity contribution in [2.24, 2.45) is 0 Å². The summed E-state index contributed by atoms with van der Waals surface area (Å²) in [5.41, 5.74) is 0. The molecule has 6 amide bonds.